The summed E-state index contributed by atoms with van der Waals surface area (Å²) in [5.41, 5.74) is 0. The summed E-state index contributed by atoms with van der Waals surface area (Å²) in [5, 5.41) is 0. The van der Waals surface area contributed by atoms with E-state index in [4.69, 9.17) is 8.92 Å². The average molecular weight is 120 g/mol. The van der Waals surface area contributed by atoms with E-state index >= 15 is 0 Å². The summed E-state index contributed by atoms with van der Waals surface area (Å²) in [6, 6.07) is 0. The zero-order valence-electron chi connectivity index (χ0n) is 4.43. The van der Waals surface area contributed by atoms with Gasteiger partial charge in [-0.1, -0.05) is 0 Å². The van der Waals surface area contributed by atoms with Crippen LogP contribution in [0.1, 0.15) is 13.8 Å². The molecule has 3 heteroatoms. The van der Waals surface area contributed by atoms with Gasteiger partial charge in [0.1, 0.15) is 5.94 Å². The fourth-order valence-electron chi connectivity index (χ4n) is 0.356. The summed E-state index contributed by atoms with van der Waals surface area (Å²) in [6.45, 7) is 3.79. The van der Waals surface area contributed by atoms with Gasteiger partial charge in [-0.2, -0.15) is 0 Å². The van der Waals surface area contributed by atoms with Crippen molar-refractivity contribution < 1.29 is 8.92 Å². The molecule has 0 aliphatic carbocycles. The van der Waals surface area contributed by atoms with Crippen molar-refractivity contribution in [1.82, 2.24) is 0 Å². The molecule has 1 aliphatic heterocycles. The van der Waals surface area contributed by atoms with Crippen LogP contribution in [0.3, 0.4) is 0 Å². The van der Waals surface area contributed by atoms with E-state index in [1.54, 1.807) is 0 Å². The molecule has 0 aromatic heterocycles. The first-order chi connectivity index (χ1) is 3.21. The Morgan fingerprint density at radius 1 is 1.57 bits per heavy atom. The molecule has 1 aliphatic rings. The quantitative estimate of drug-likeness (QED) is 0.450. The lowest BCUT2D eigenvalue weighted by molar-refractivity contribution is -0.101. The number of rotatable bonds is 0. The molecule has 0 aromatic carbocycles. The Labute approximate surface area is 47.4 Å². The van der Waals surface area contributed by atoms with Gasteiger partial charge in [-0.25, -0.2) is 0 Å². The molecular weight excluding hydrogens is 112 g/mol. The maximum absolute atomic E-state index is 5.08. The highest BCUT2D eigenvalue weighted by Crippen LogP contribution is 2.27. The standard InChI is InChI=1S/C4H8O2S/c1-4(2)5-3-7-6-4/h3H2,1-2H3. The van der Waals surface area contributed by atoms with E-state index in [2.05, 4.69) is 0 Å². The third-order valence-corrected chi connectivity index (χ3v) is 1.45. The number of hydrogen-bond donors (Lipinski definition) is 0. The van der Waals surface area contributed by atoms with Gasteiger partial charge in [-0.05, 0) is 13.8 Å². The van der Waals surface area contributed by atoms with Crippen LogP contribution in [0.2, 0.25) is 0 Å². The Morgan fingerprint density at radius 2 is 2.29 bits per heavy atom. The van der Waals surface area contributed by atoms with Crippen LogP contribution < -0.4 is 0 Å². The Kier molecular flexibility index (Phi) is 1.28. The summed E-state index contributed by atoms with van der Waals surface area (Å²) in [7, 11) is 0. The molecule has 0 bridgehead atoms. The zero-order chi connectivity index (χ0) is 5.33. The van der Waals surface area contributed by atoms with Crippen LogP contribution in [-0.4, -0.2) is 11.7 Å². The molecule has 0 N–H and O–H groups in total. The predicted octanol–water partition coefficient (Wildman–Crippen LogP) is 1.38. The maximum atomic E-state index is 5.08. The second kappa shape index (κ2) is 1.65. The maximum Gasteiger partial charge on any atom is 0.177 e. The van der Waals surface area contributed by atoms with E-state index in [0.29, 0.717) is 5.94 Å². The van der Waals surface area contributed by atoms with Crippen LogP contribution in [-0.2, 0) is 8.92 Å². The number of ether oxygens (including phenoxy) is 1. The van der Waals surface area contributed by atoms with Gasteiger partial charge < -0.3 is 4.74 Å². The first kappa shape index (κ1) is 5.41. The van der Waals surface area contributed by atoms with Crippen molar-refractivity contribution in [1.29, 1.82) is 0 Å². The highest BCUT2D eigenvalue weighted by atomic mass is 32.2. The number of hydrogen-bond acceptors (Lipinski definition) is 3. The molecule has 0 radical (unpaired) electrons. The van der Waals surface area contributed by atoms with Crippen molar-refractivity contribution in [3.63, 3.8) is 0 Å². The molecule has 1 fully saturated rings. The first-order valence-corrected chi connectivity index (χ1v) is 3.06. The van der Waals surface area contributed by atoms with E-state index in [1.807, 2.05) is 13.8 Å². The molecule has 0 amide bonds. The minimum absolute atomic E-state index is 0.343. The van der Waals surface area contributed by atoms with Crippen LogP contribution in [0.25, 0.3) is 0 Å². The van der Waals surface area contributed by atoms with Crippen LogP contribution >= 0.6 is 12.0 Å². The summed E-state index contributed by atoms with van der Waals surface area (Å²) in [4.78, 5) is 0. The van der Waals surface area contributed by atoms with Gasteiger partial charge in [0.05, 0.1) is 0 Å². The van der Waals surface area contributed by atoms with Crippen molar-refractivity contribution in [3.05, 3.63) is 0 Å². The molecule has 1 heterocycles. The third-order valence-electron chi connectivity index (χ3n) is 0.714. The smallest absolute Gasteiger partial charge is 0.177 e. The van der Waals surface area contributed by atoms with Gasteiger partial charge in [0, 0.05) is 12.0 Å². The van der Waals surface area contributed by atoms with Gasteiger partial charge in [0.2, 0.25) is 0 Å². The molecule has 1 saturated heterocycles. The molecule has 1 rings (SSSR count). The van der Waals surface area contributed by atoms with Crippen molar-refractivity contribution >= 4 is 12.0 Å². The predicted molar refractivity (Wildman–Crippen MR) is 28.7 cm³/mol. The van der Waals surface area contributed by atoms with Crippen LogP contribution in [0.4, 0.5) is 0 Å². The van der Waals surface area contributed by atoms with Crippen LogP contribution in [0, 0.1) is 0 Å². The van der Waals surface area contributed by atoms with E-state index in [1.165, 1.54) is 12.0 Å². The summed E-state index contributed by atoms with van der Waals surface area (Å²) < 4.78 is 10.1. The van der Waals surface area contributed by atoms with Gasteiger partial charge in [-0.3, -0.25) is 4.18 Å². The van der Waals surface area contributed by atoms with E-state index in [-0.39, 0.29) is 5.79 Å². The SMILES string of the molecule is CC1(C)OCSO1. The molecule has 0 aromatic rings. The lowest BCUT2D eigenvalue weighted by Crippen LogP contribution is -2.18. The fraction of sp³-hybridized carbons (Fsp3) is 1.00. The van der Waals surface area contributed by atoms with E-state index in [0.717, 1.165) is 0 Å². The van der Waals surface area contributed by atoms with Gasteiger partial charge in [0.25, 0.3) is 0 Å². The summed E-state index contributed by atoms with van der Waals surface area (Å²) in [6.07, 6.45) is 0. The Morgan fingerprint density at radius 3 is 2.43 bits per heavy atom. The molecule has 0 saturated carbocycles. The molecule has 0 unspecified atom stereocenters. The zero-order valence-corrected chi connectivity index (χ0v) is 5.25. The van der Waals surface area contributed by atoms with Crippen molar-refractivity contribution in [3.8, 4) is 0 Å². The monoisotopic (exact) mass is 120 g/mol. The first-order valence-electron chi connectivity index (χ1n) is 2.15. The fourth-order valence-corrected chi connectivity index (χ4v) is 1.07. The van der Waals surface area contributed by atoms with Crippen molar-refractivity contribution in [2.75, 3.05) is 5.94 Å². The molecule has 2 nitrogen and oxygen atoms in total. The average Bonchev–Trinajstić information content (AvgIpc) is 1.84. The highest BCUT2D eigenvalue weighted by Gasteiger charge is 2.25. The second-order valence-corrected chi connectivity index (χ2v) is 2.50. The summed E-state index contributed by atoms with van der Waals surface area (Å²) in [5.74, 6) is 0.317. The van der Waals surface area contributed by atoms with E-state index < -0.39 is 0 Å². The normalized spacial score (nSPS) is 28.3. The molecule has 0 atom stereocenters. The highest BCUT2D eigenvalue weighted by molar-refractivity contribution is 7.94. The van der Waals surface area contributed by atoms with Gasteiger partial charge >= 0.3 is 0 Å². The third kappa shape index (κ3) is 1.33. The summed E-state index contributed by atoms with van der Waals surface area (Å²) >= 11 is 1.36. The minimum atomic E-state index is -0.343. The Hall–Kier alpha value is 0.270. The van der Waals surface area contributed by atoms with Gasteiger partial charge in [-0.15, -0.1) is 0 Å². The van der Waals surface area contributed by atoms with Crippen molar-refractivity contribution in [2.45, 2.75) is 19.6 Å². The lowest BCUT2D eigenvalue weighted by atomic mass is 10.4. The van der Waals surface area contributed by atoms with Gasteiger partial charge in [0.15, 0.2) is 5.79 Å². The lowest BCUT2D eigenvalue weighted by Gasteiger charge is -2.11. The Bertz CT molecular complexity index is 64.1. The molecule has 42 valence electrons. The van der Waals surface area contributed by atoms with Crippen LogP contribution in [0.5, 0.6) is 0 Å². The topological polar surface area (TPSA) is 18.5 Å². The second-order valence-electron chi connectivity index (χ2n) is 1.86. The Balaban J connectivity index is 2.40. The molecule has 0 spiro atoms. The molecular formula is C4H8O2S. The van der Waals surface area contributed by atoms with Crippen molar-refractivity contribution in [2.24, 2.45) is 0 Å². The molecule has 7 heavy (non-hydrogen) atoms. The largest absolute Gasteiger partial charge is 0.336 e. The minimum Gasteiger partial charge on any atom is -0.336 e. The van der Waals surface area contributed by atoms with Crippen LogP contribution in [0.15, 0.2) is 0 Å². The van der Waals surface area contributed by atoms with E-state index in [9.17, 15) is 0 Å².